The molecule has 2 unspecified atom stereocenters. The van der Waals surface area contributed by atoms with E-state index < -0.39 is 0 Å². The van der Waals surface area contributed by atoms with Crippen molar-refractivity contribution >= 4 is 5.91 Å². The van der Waals surface area contributed by atoms with Crippen LogP contribution in [-0.4, -0.2) is 44.7 Å². The van der Waals surface area contributed by atoms with Gasteiger partial charge in [-0.15, -0.1) is 0 Å². The maximum absolute atomic E-state index is 12.0. The molecule has 20 heavy (non-hydrogen) atoms. The maximum atomic E-state index is 12.0. The number of amides is 1. The summed E-state index contributed by atoms with van der Waals surface area (Å²) in [5.74, 6) is 1.26. The number of nitrogens with one attached hydrogen (secondary N) is 1. The van der Waals surface area contributed by atoms with Crippen molar-refractivity contribution in [1.82, 2.24) is 10.2 Å². The van der Waals surface area contributed by atoms with Crippen LogP contribution in [0.15, 0.2) is 24.3 Å². The topological polar surface area (TPSA) is 50.8 Å². The average Bonchev–Trinajstić information content (AvgIpc) is 2.81. The maximum Gasteiger partial charge on any atom is 0.238 e. The van der Waals surface area contributed by atoms with Crippen LogP contribution in [0.3, 0.4) is 0 Å². The summed E-state index contributed by atoms with van der Waals surface area (Å²) in [4.78, 5) is 13.9. The van der Waals surface area contributed by atoms with E-state index in [2.05, 4.69) is 12.2 Å². The molecule has 1 aromatic rings. The fourth-order valence-corrected chi connectivity index (χ4v) is 2.50. The number of benzene rings is 1. The zero-order valence-corrected chi connectivity index (χ0v) is 12.3. The van der Waals surface area contributed by atoms with Gasteiger partial charge in [0.1, 0.15) is 11.9 Å². The Morgan fingerprint density at radius 3 is 2.65 bits per heavy atom. The summed E-state index contributed by atoms with van der Waals surface area (Å²) >= 11 is 0. The number of rotatable bonds is 6. The van der Waals surface area contributed by atoms with Gasteiger partial charge in [0.15, 0.2) is 0 Å². The highest BCUT2D eigenvalue weighted by atomic mass is 16.5. The number of nitrogens with zero attached hydrogens (tertiary/aromatic N) is 1. The van der Waals surface area contributed by atoms with E-state index in [1.165, 1.54) is 0 Å². The number of hydrogen-bond acceptors (Lipinski definition) is 4. The Kier molecular flexibility index (Phi) is 4.98. The van der Waals surface area contributed by atoms with Gasteiger partial charge < -0.3 is 14.4 Å². The van der Waals surface area contributed by atoms with Crippen molar-refractivity contribution in [2.45, 2.75) is 13.1 Å². The molecule has 2 rings (SSSR count). The molecule has 0 bridgehead atoms. The second-order valence-corrected chi connectivity index (χ2v) is 5.16. The lowest BCUT2D eigenvalue weighted by Gasteiger charge is -2.27. The van der Waals surface area contributed by atoms with Crippen LogP contribution >= 0.6 is 0 Å². The molecule has 0 aliphatic carbocycles. The van der Waals surface area contributed by atoms with Crippen LogP contribution in [0.2, 0.25) is 0 Å². The number of carbonyl (C=O) groups excluding carboxylic acids is 1. The Morgan fingerprint density at radius 2 is 2.05 bits per heavy atom. The Bertz CT molecular complexity index is 447. The van der Waals surface area contributed by atoms with Crippen LogP contribution in [0.25, 0.3) is 0 Å². The van der Waals surface area contributed by atoms with Gasteiger partial charge >= 0.3 is 0 Å². The summed E-state index contributed by atoms with van der Waals surface area (Å²) in [6.07, 6.45) is -0.0623. The van der Waals surface area contributed by atoms with Crippen LogP contribution in [0.1, 0.15) is 18.7 Å². The Morgan fingerprint density at radius 1 is 1.35 bits per heavy atom. The molecule has 1 aromatic carbocycles. The third-order valence-electron chi connectivity index (χ3n) is 3.47. The molecule has 1 heterocycles. The predicted octanol–water partition coefficient (Wildman–Crippen LogP) is 1.41. The minimum atomic E-state index is -0.0623. The summed E-state index contributed by atoms with van der Waals surface area (Å²) in [5, 5.41) is 3.25. The molecule has 5 heteroatoms. The first-order valence-corrected chi connectivity index (χ1v) is 6.81. The lowest BCUT2D eigenvalue weighted by atomic mass is 10.1. The molecule has 1 aliphatic rings. The van der Waals surface area contributed by atoms with Crippen LogP contribution < -0.4 is 10.1 Å². The van der Waals surface area contributed by atoms with Gasteiger partial charge in [-0.1, -0.05) is 19.1 Å². The second-order valence-electron chi connectivity index (χ2n) is 5.16. The van der Waals surface area contributed by atoms with Crippen molar-refractivity contribution in [2.24, 2.45) is 5.92 Å². The zero-order valence-electron chi connectivity index (χ0n) is 12.3. The fourth-order valence-electron chi connectivity index (χ4n) is 2.50. The van der Waals surface area contributed by atoms with E-state index in [1.54, 1.807) is 14.2 Å². The summed E-state index contributed by atoms with van der Waals surface area (Å²) < 4.78 is 10.3. The van der Waals surface area contributed by atoms with Gasteiger partial charge in [0, 0.05) is 13.7 Å². The van der Waals surface area contributed by atoms with E-state index >= 15 is 0 Å². The molecule has 1 N–H and O–H groups in total. The van der Waals surface area contributed by atoms with Crippen molar-refractivity contribution in [2.75, 3.05) is 33.9 Å². The highest BCUT2D eigenvalue weighted by molar-refractivity contribution is 5.81. The van der Waals surface area contributed by atoms with Crippen LogP contribution in [-0.2, 0) is 9.53 Å². The quantitative estimate of drug-likeness (QED) is 0.855. The molecule has 1 fully saturated rings. The van der Waals surface area contributed by atoms with Gasteiger partial charge in [0.05, 0.1) is 20.3 Å². The smallest absolute Gasteiger partial charge is 0.238 e. The molecule has 2 atom stereocenters. The zero-order chi connectivity index (χ0) is 14.5. The Hall–Kier alpha value is -1.59. The average molecular weight is 278 g/mol. The number of methoxy groups -OCH3 is 2. The largest absolute Gasteiger partial charge is 0.497 e. The van der Waals surface area contributed by atoms with Crippen molar-refractivity contribution in [3.63, 3.8) is 0 Å². The van der Waals surface area contributed by atoms with Gasteiger partial charge in [-0.25, -0.2) is 0 Å². The highest BCUT2D eigenvalue weighted by Gasteiger charge is 2.32. The van der Waals surface area contributed by atoms with Gasteiger partial charge in [-0.2, -0.15) is 0 Å². The molecule has 1 saturated heterocycles. The molecular weight excluding hydrogens is 256 g/mol. The molecule has 0 radical (unpaired) electrons. The summed E-state index contributed by atoms with van der Waals surface area (Å²) in [7, 11) is 3.33. The lowest BCUT2D eigenvalue weighted by molar-refractivity contribution is -0.128. The molecule has 1 amide bonds. The summed E-state index contributed by atoms with van der Waals surface area (Å²) in [5.41, 5.74) is 1.07. The predicted molar refractivity (Wildman–Crippen MR) is 76.5 cm³/mol. The molecule has 0 aromatic heterocycles. The van der Waals surface area contributed by atoms with Crippen LogP contribution in [0, 0.1) is 5.92 Å². The molecule has 0 saturated carbocycles. The fraction of sp³-hybridized carbons (Fsp3) is 0.533. The van der Waals surface area contributed by atoms with Gasteiger partial charge in [0.25, 0.3) is 0 Å². The standard InChI is InChI=1S/C15H22N2O3/c1-11(10-19-2)9-17-14(18)8-16-15(17)12-4-6-13(20-3)7-5-12/h4-7,11,15-16H,8-10H2,1-3H3. The summed E-state index contributed by atoms with van der Waals surface area (Å²) in [6, 6.07) is 7.80. The first kappa shape index (κ1) is 14.8. The second kappa shape index (κ2) is 6.72. The molecule has 110 valence electrons. The van der Waals surface area contributed by atoms with E-state index in [9.17, 15) is 4.79 Å². The van der Waals surface area contributed by atoms with E-state index in [0.29, 0.717) is 25.6 Å². The SMILES string of the molecule is COCC(C)CN1C(=O)CNC1c1ccc(OC)cc1. The van der Waals surface area contributed by atoms with E-state index in [-0.39, 0.29) is 12.1 Å². The lowest BCUT2D eigenvalue weighted by Crippen LogP contribution is -2.35. The van der Waals surface area contributed by atoms with Gasteiger partial charge in [-0.05, 0) is 23.6 Å². The van der Waals surface area contributed by atoms with Crippen LogP contribution in [0.4, 0.5) is 0 Å². The first-order chi connectivity index (χ1) is 9.65. The Labute approximate surface area is 119 Å². The van der Waals surface area contributed by atoms with Gasteiger partial charge in [0.2, 0.25) is 5.91 Å². The highest BCUT2D eigenvalue weighted by Crippen LogP contribution is 2.25. The third-order valence-corrected chi connectivity index (χ3v) is 3.47. The Balaban J connectivity index is 2.10. The third kappa shape index (κ3) is 3.29. The van der Waals surface area contributed by atoms with Crippen molar-refractivity contribution in [1.29, 1.82) is 0 Å². The van der Waals surface area contributed by atoms with E-state index in [4.69, 9.17) is 9.47 Å². The van der Waals surface area contributed by atoms with Crippen molar-refractivity contribution in [3.8, 4) is 5.75 Å². The van der Waals surface area contributed by atoms with Gasteiger partial charge in [-0.3, -0.25) is 10.1 Å². The minimum Gasteiger partial charge on any atom is -0.497 e. The number of carbonyl (C=O) groups is 1. The van der Waals surface area contributed by atoms with E-state index in [0.717, 1.165) is 11.3 Å². The molecule has 1 aliphatic heterocycles. The molecule has 0 spiro atoms. The van der Waals surface area contributed by atoms with Crippen molar-refractivity contribution < 1.29 is 14.3 Å². The molecule has 5 nitrogen and oxygen atoms in total. The molecular formula is C15H22N2O3. The van der Waals surface area contributed by atoms with E-state index in [1.807, 2.05) is 29.2 Å². The number of hydrogen-bond donors (Lipinski definition) is 1. The van der Waals surface area contributed by atoms with Crippen LogP contribution in [0.5, 0.6) is 5.75 Å². The normalized spacial score (nSPS) is 20.2. The first-order valence-electron chi connectivity index (χ1n) is 6.81. The summed E-state index contributed by atoms with van der Waals surface area (Å²) in [6.45, 7) is 3.81. The minimum absolute atomic E-state index is 0.0623. The van der Waals surface area contributed by atoms with Crippen molar-refractivity contribution in [3.05, 3.63) is 29.8 Å². The monoisotopic (exact) mass is 278 g/mol. The number of ether oxygens (including phenoxy) is 2.